The molecule has 2 heterocycles. The van der Waals surface area contributed by atoms with Crippen LogP contribution in [0.3, 0.4) is 0 Å². The number of carbonyl (C=O) groups excluding carboxylic acids is 1. The molecule has 144 valence electrons. The Morgan fingerprint density at radius 1 is 1.27 bits per heavy atom. The predicted octanol–water partition coefficient (Wildman–Crippen LogP) is 2.71. The lowest BCUT2D eigenvalue weighted by Gasteiger charge is -2.28. The third-order valence-corrected chi connectivity index (χ3v) is 7.19. The number of unbranched alkanes of at least 4 members (excludes halogenated alkanes) is 1. The van der Waals surface area contributed by atoms with Crippen LogP contribution in [-0.2, 0) is 16.4 Å². The Morgan fingerprint density at radius 3 is 2.69 bits per heavy atom. The van der Waals surface area contributed by atoms with E-state index in [1.807, 2.05) is 23.1 Å². The van der Waals surface area contributed by atoms with E-state index in [-0.39, 0.29) is 23.5 Å². The SMILES string of the molecule is CCCCN(C(=O)c1cccc(CN2CCCC2)c1)C1CCS(=O)(=O)C1. The molecule has 1 unspecified atom stereocenters. The van der Waals surface area contributed by atoms with Crippen molar-refractivity contribution in [1.82, 2.24) is 9.80 Å². The van der Waals surface area contributed by atoms with Gasteiger partial charge in [-0.2, -0.15) is 0 Å². The molecule has 26 heavy (non-hydrogen) atoms. The number of hydrogen-bond donors (Lipinski definition) is 0. The maximum Gasteiger partial charge on any atom is 0.254 e. The van der Waals surface area contributed by atoms with E-state index in [1.54, 1.807) is 0 Å². The fourth-order valence-corrected chi connectivity index (χ4v) is 5.70. The highest BCUT2D eigenvalue weighted by Crippen LogP contribution is 2.22. The third kappa shape index (κ3) is 4.86. The van der Waals surface area contributed by atoms with Crippen LogP contribution in [0.25, 0.3) is 0 Å². The van der Waals surface area contributed by atoms with E-state index in [1.165, 1.54) is 12.8 Å². The fraction of sp³-hybridized carbons (Fsp3) is 0.650. The molecule has 2 aliphatic heterocycles. The van der Waals surface area contributed by atoms with Crippen LogP contribution in [-0.4, -0.2) is 61.3 Å². The summed E-state index contributed by atoms with van der Waals surface area (Å²) in [5, 5.41) is 0. The number of carbonyl (C=O) groups is 1. The van der Waals surface area contributed by atoms with Gasteiger partial charge in [-0.15, -0.1) is 0 Å². The second-order valence-electron chi connectivity index (χ2n) is 7.59. The highest BCUT2D eigenvalue weighted by molar-refractivity contribution is 7.91. The molecule has 3 rings (SSSR count). The van der Waals surface area contributed by atoms with E-state index in [2.05, 4.69) is 17.9 Å². The molecule has 0 aliphatic carbocycles. The maximum absolute atomic E-state index is 13.2. The van der Waals surface area contributed by atoms with Gasteiger partial charge in [0.1, 0.15) is 0 Å². The van der Waals surface area contributed by atoms with Crippen molar-refractivity contribution in [2.45, 2.75) is 51.6 Å². The molecule has 6 heteroatoms. The van der Waals surface area contributed by atoms with Gasteiger partial charge in [0.2, 0.25) is 0 Å². The molecule has 5 nitrogen and oxygen atoms in total. The molecule has 0 radical (unpaired) electrons. The van der Waals surface area contributed by atoms with E-state index >= 15 is 0 Å². The van der Waals surface area contributed by atoms with E-state index in [4.69, 9.17) is 0 Å². The van der Waals surface area contributed by atoms with Crippen molar-refractivity contribution in [1.29, 1.82) is 0 Å². The number of amides is 1. The Hall–Kier alpha value is -1.40. The fourth-order valence-electron chi connectivity index (χ4n) is 3.97. The first-order valence-electron chi connectivity index (χ1n) is 9.81. The summed E-state index contributed by atoms with van der Waals surface area (Å²) >= 11 is 0. The average molecular weight is 379 g/mol. The lowest BCUT2D eigenvalue weighted by Crippen LogP contribution is -2.41. The van der Waals surface area contributed by atoms with Crippen molar-refractivity contribution in [3.05, 3.63) is 35.4 Å². The van der Waals surface area contributed by atoms with Crippen molar-refractivity contribution >= 4 is 15.7 Å². The van der Waals surface area contributed by atoms with Gasteiger partial charge in [0, 0.05) is 24.7 Å². The Labute approximate surface area is 157 Å². The highest BCUT2D eigenvalue weighted by Gasteiger charge is 2.34. The Morgan fingerprint density at radius 2 is 2.04 bits per heavy atom. The van der Waals surface area contributed by atoms with Crippen LogP contribution in [0, 0.1) is 0 Å². The quantitative estimate of drug-likeness (QED) is 0.732. The van der Waals surface area contributed by atoms with Gasteiger partial charge in [-0.25, -0.2) is 8.42 Å². The zero-order valence-electron chi connectivity index (χ0n) is 15.7. The smallest absolute Gasteiger partial charge is 0.254 e. The molecular weight excluding hydrogens is 348 g/mol. The molecule has 1 aromatic carbocycles. The number of likely N-dealkylation sites (tertiary alicyclic amines) is 1. The van der Waals surface area contributed by atoms with Crippen molar-refractivity contribution in [3.8, 4) is 0 Å². The zero-order valence-corrected chi connectivity index (χ0v) is 16.5. The third-order valence-electron chi connectivity index (χ3n) is 5.44. The summed E-state index contributed by atoms with van der Waals surface area (Å²) in [7, 11) is -3.01. The number of nitrogens with zero attached hydrogens (tertiary/aromatic N) is 2. The van der Waals surface area contributed by atoms with Crippen LogP contribution in [0.5, 0.6) is 0 Å². The number of hydrogen-bond acceptors (Lipinski definition) is 4. The van der Waals surface area contributed by atoms with Crippen LogP contribution in [0.1, 0.15) is 54.9 Å². The summed E-state index contributed by atoms with van der Waals surface area (Å²) in [5.41, 5.74) is 1.84. The molecule has 2 aliphatic rings. The first-order valence-corrected chi connectivity index (χ1v) is 11.6. The summed E-state index contributed by atoms with van der Waals surface area (Å²) in [6, 6.07) is 7.69. The molecule has 0 spiro atoms. The Bertz CT molecular complexity index is 726. The zero-order chi connectivity index (χ0) is 18.6. The Kier molecular flexibility index (Phi) is 6.35. The number of benzene rings is 1. The molecule has 1 aromatic rings. The van der Waals surface area contributed by atoms with Gasteiger partial charge in [0.25, 0.3) is 5.91 Å². The topological polar surface area (TPSA) is 57.7 Å². The normalized spacial score (nSPS) is 22.6. The summed E-state index contributed by atoms with van der Waals surface area (Å²) in [5.74, 6) is 0.280. The average Bonchev–Trinajstić information content (AvgIpc) is 3.25. The highest BCUT2D eigenvalue weighted by atomic mass is 32.2. The standard InChI is InChI=1S/C20H30N2O3S/c1-2-3-12-22(19-9-13-26(24,25)16-19)20(23)18-8-6-7-17(14-18)15-21-10-4-5-11-21/h6-8,14,19H,2-5,9-13,15-16H2,1H3. The Balaban J connectivity index is 1.75. The molecule has 1 atom stereocenters. The molecule has 0 N–H and O–H groups in total. The lowest BCUT2D eigenvalue weighted by atomic mass is 10.1. The molecule has 0 bridgehead atoms. The van der Waals surface area contributed by atoms with E-state index in [0.29, 0.717) is 18.5 Å². The van der Waals surface area contributed by atoms with Crippen molar-refractivity contribution in [3.63, 3.8) is 0 Å². The van der Waals surface area contributed by atoms with Gasteiger partial charge in [0.15, 0.2) is 9.84 Å². The molecule has 2 saturated heterocycles. The largest absolute Gasteiger partial charge is 0.335 e. The summed E-state index contributed by atoms with van der Waals surface area (Å²) in [4.78, 5) is 17.4. The van der Waals surface area contributed by atoms with Gasteiger partial charge in [-0.05, 0) is 56.5 Å². The van der Waals surface area contributed by atoms with E-state index in [9.17, 15) is 13.2 Å². The minimum atomic E-state index is -3.01. The van der Waals surface area contributed by atoms with Crippen LogP contribution < -0.4 is 0 Å². The van der Waals surface area contributed by atoms with Crippen LogP contribution >= 0.6 is 0 Å². The van der Waals surface area contributed by atoms with Crippen LogP contribution in [0.2, 0.25) is 0 Å². The molecular formula is C20H30N2O3S. The second kappa shape index (κ2) is 8.53. The molecule has 0 saturated carbocycles. The van der Waals surface area contributed by atoms with Crippen molar-refractivity contribution in [2.75, 3.05) is 31.1 Å². The van der Waals surface area contributed by atoms with Crippen molar-refractivity contribution in [2.24, 2.45) is 0 Å². The number of sulfone groups is 1. The summed E-state index contributed by atoms with van der Waals surface area (Å²) in [6.45, 7) is 5.85. The maximum atomic E-state index is 13.2. The predicted molar refractivity (Wildman–Crippen MR) is 104 cm³/mol. The second-order valence-corrected chi connectivity index (χ2v) is 9.82. The summed E-state index contributed by atoms with van der Waals surface area (Å²) < 4.78 is 23.8. The minimum Gasteiger partial charge on any atom is -0.335 e. The van der Waals surface area contributed by atoms with E-state index < -0.39 is 9.84 Å². The van der Waals surface area contributed by atoms with Gasteiger partial charge >= 0.3 is 0 Å². The van der Waals surface area contributed by atoms with Gasteiger partial charge in [-0.3, -0.25) is 9.69 Å². The van der Waals surface area contributed by atoms with E-state index in [0.717, 1.165) is 38.0 Å². The molecule has 1 amide bonds. The first-order chi connectivity index (χ1) is 12.5. The first kappa shape index (κ1) is 19.4. The molecule has 2 fully saturated rings. The van der Waals surface area contributed by atoms with Crippen LogP contribution in [0.15, 0.2) is 24.3 Å². The summed E-state index contributed by atoms with van der Waals surface area (Å²) in [6.07, 6.45) is 4.94. The van der Waals surface area contributed by atoms with Gasteiger partial charge < -0.3 is 4.90 Å². The van der Waals surface area contributed by atoms with Gasteiger partial charge in [-0.1, -0.05) is 25.5 Å². The lowest BCUT2D eigenvalue weighted by molar-refractivity contribution is 0.0694. The van der Waals surface area contributed by atoms with Crippen LogP contribution in [0.4, 0.5) is 0 Å². The van der Waals surface area contributed by atoms with Gasteiger partial charge in [0.05, 0.1) is 11.5 Å². The van der Waals surface area contributed by atoms with Crippen molar-refractivity contribution < 1.29 is 13.2 Å². The monoisotopic (exact) mass is 378 g/mol. The number of rotatable bonds is 7. The minimum absolute atomic E-state index is 0.0242. The molecule has 0 aromatic heterocycles.